The lowest BCUT2D eigenvalue weighted by Crippen LogP contribution is -2.39. The Morgan fingerprint density at radius 1 is 1.43 bits per heavy atom. The van der Waals surface area contributed by atoms with Crippen molar-refractivity contribution < 1.29 is 9.53 Å². The summed E-state index contributed by atoms with van der Waals surface area (Å²) in [6.07, 6.45) is 4.25. The molecule has 0 radical (unpaired) electrons. The lowest BCUT2D eigenvalue weighted by atomic mass is 10.0. The van der Waals surface area contributed by atoms with Crippen molar-refractivity contribution in [1.29, 1.82) is 0 Å². The number of nitrogens with zero attached hydrogens (tertiary/aromatic N) is 2. The van der Waals surface area contributed by atoms with Crippen LogP contribution in [0.1, 0.15) is 34.5 Å². The smallest absolute Gasteiger partial charge is 0.259 e. The molecular weight excluding hydrogens is 266 g/mol. The van der Waals surface area contributed by atoms with Gasteiger partial charge in [0.25, 0.3) is 5.91 Å². The normalized spacial score (nSPS) is 26.8. The van der Waals surface area contributed by atoms with Gasteiger partial charge in [0, 0.05) is 31.4 Å². The number of carbonyl (C=O) groups excluding carboxylic acids is 1. The van der Waals surface area contributed by atoms with Crippen LogP contribution >= 0.6 is 0 Å². The zero-order valence-corrected chi connectivity index (χ0v) is 12.4. The van der Waals surface area contributed by atoms with Crippen LogP contribution in [0.25, 0.3) is 0 Å². The third kappa shape index (κ3) is 2.02. The second-order valence-corrected chi connectivity index (χ2v) is 6.28. The van der Waals surface area contributed by atoms with Gasteiger partial charge in [-0.3, -0.25) is 4.79 Å². The highest BCUT2D eigenvalue weighted by atomic mass is 16.5. The molecule has 1 aromatic heterocycles. The van der Waals surface area contributed by atoms with Gasteiger partial charge in [0.1, 0.15) is 5.56 Å². The fourth-order valence-corrected chi connectivity index (χ4v) is 4.02. The van der Waals surface area contributed by atoms with Gasteiger partial charge in [-0.2, -0.15) is 0 Å². The molecule has 2 atom stereocenters. The lowest BCUT2D eigenvalue weighted by molar-refractivity contribution is 0.0732. The number of methoxy groups -OCH3 is 1. The summed E-state index contributed by atoms with van der Waals surface area (Å²) in [5, 5.41) is 3.39. The minimum Gasteiger partial charge on any atom is -0.480 e. The number of carbonyl (C=O) groups is 1. The predicted molar refractivity (Wildman–Crippen MR) is 78.6 cm³/mol. The molecular formula is C16H21N3O2. The van der Waals surface area contributed by atoms with Gasteiger partial charge in [0.2, 0.25) is 5.88 Å². The summed E-state index contributed by atoms with van der Waals surface area (Å²) < 4.78 is 5.39. The molecule has 4 rings (SSSR count). The fourth-order valence-electron chi connectivity index (χ4n) is 4.02. The Morgan fingerprint density at radius 2 is 2.33 bits per heavy atom. The van der Waals surface area contributed by atoms with Gasteiger partial charge >= 0.3 is 0 Å². The summed E-state index contributed by atoms with van der Waals surface area (Å²) in [5.41, 5.74) is 2.97. The number of rotatable bonds is 2. The number of nitrogens with one attached hydrogen (secondary N) is 1. The minimum atomic E-state index is 0.0882. The van der Waals surface area contributed by atoms with E-state index in [1.54, 1.807) is 7.11 Å². The van der Waals surface area contributed by atoms with E-state index >= 15 is 0 Å². The van der Waals surface area contributed by atoms with Crippen molar-refractivity contribution in [2.75, 3.05) is 26.7 Å². The van der Waals surface area contributed by atoms with Crippen LogP contribution in [0.3, 0.4) is 0 Å². The van der Waals surface area contributed by atoms with E-state index in [4.69, 9.17) is 4.74 Å². The summed E-state index contributed by atoms with van der Waals surface area (Å²) in [4.78, 5) is 19.5. The second-order valence-electron chi connectivity index (χ2n) is 6.28. The fraction of sp³-hybridized carbons (Fsp3) is 0.625. The Kier molecular flexibility index (Phi) is 3.10. The average molecular weight is 287 g/mol. The average Bonchev–Trinajstić information content (AvgIpc) is 3.20. The Hall–Kier alpha value is -1.62. The van der Waals surface area contributed by atoms with Gasteiger partial charge in [-0.15, -0.1) is 0 Å². The lowest BCUT2D eigenvalue weighted by Gasteiger charge is -2.24. The van der Waals surface area contributed by atoms with Crippen LogP contribution < -0.4 is 10.1 Å². The molecule has 5 nitrogen and oxygen atoms in total. The first kappa shape index (κ1) is 13.1. The van der Waals surface area contributed by atoms with Crippen molar-refractivity contribution in [2.45, 2.75) is 31.7 Å². The minimum absolute atomic E-state index is 0.0882. The zero-order valence-electron chi connectivity index (χ0n) is 12.4. The van der Waals surface area contributed by atoms with Crippen molar-refractivity contribution in [2.24, 2.45) is 5.92 Å². The first-order valence-corrected chi connectivity index (χ1v) is 7.86. The number of hydrogen-bond acceptors (Lipinski definition) is 4. The number of pyridine rings is 1. The third-order valence-corrected chi connectivity index (χ3v) is 5.15. The number of amides is 1. The predicted octanol–water partition coefficient (Wildman–Crippen LogP) is 1.01. The highest BCUT2D eigenvalue weighted by Crippen LogP contribution is 2.32. The number of aryl methyl sites for hydroxylation is 2. The number of ether oxygens (including phenoxy) is 1. The second kappa shape index (κ2) is 4.98. The Labute approximate surface area is 124 Å². The molecule has 1 aliphatic carbocycles. The van der Waals surface area contributed by atoms with Gasteiger partial charge in [0.15, 0.2) is 0 Å². The maximum atomic E-state index is 12.9. The zero-order chi connectivity index (χ0) is 14.4. The van der Waals surface area contributed by atoms with Gasteiger partial charge in [-0.25, -0.2) is 4.98 Å². The Morgan fingerprint density at radius 3 is 3.19 bits per heavy atom. The third-order valence-electron chi connectivity index (χ3n) is 5.15. The summed E-state index contributed by atoms with van der Waals surface area (Å²) in [6.45, 7) is 2.81. The van der Waals surface area contributed by atoms with Crippen LogP contribution in [0, 0.1) is 5.92 Å². The van der Waals surface area contributed by atoms with E-state index in [0.29, 0.717) is 23.4 Å². The molecule has 1 aromatic rings. The molecule has 21 heavy (non-hydrogen) atoms. The van der Waals surface area contributed by atoms with Gasteiger partial charge < -0.3 is 15.0 Å². The quantitative estimate of drug-likeness (QED) is 0.882. The maximum absolute atomic E-state index is 12.9. The molecule has 2 aliphatic heterocycles. The molecule has 2 fully saturated rings. The molecule has 5 heteroatoms. The molecule has 0 aromatic carbocycles. The van der Waals surface area contributed by atoms with E-state index < -0.39 is 0 Å². The first-order valence-electron chi connectivity index (χ1n) is 7.86. The topological polar surface area (TPSA) is 54.5 Å². The Bertz CT molecular complexity index is 587. The van der Waals surface area contributed by atoms with E-state index in [0.717, 1.165) is 51.0 Å². The highest BCUT2D eigenvalue weighted by Gasteiger charge is 2.41. The SMILES string of the molecule is COc1nc2c(cc1C(=O)N1CC[C@H]3CNC[C@H]31)CCC2. The molecule has 112 valence electrons. The van der Waals surface area contributed by atoms with E-state index in [-0.39, 0.29) is 5.91 Å². The summed E-state index contributed by atoms with van der Waals surface area (Å²) in [6, 6.07) is 2.36. The molecule has 3 heterocycles. The molecule has 0 unspecified atom stereocenters. The van der Waals surface area contributed by atoms with Crippen LogP contribution in [0.15, 0.2) is 6.07 Å². The van der Waals surface area contributed by atoms with Crippen molar-refractivity contribution in [1.82, 2.24) is 15.2 Å². The van der Waals surface area contributed by atoms with E-state index in [1.165, 1.54) is 5.56 Å². The van der Waals surface area contributed by atoms with Crippen LogP contribution in [0.2, 0.25) is 0 Å². The highest BCUT2D eigenvalue weighted by molar-refractivity contribution is 5.97. The van der Waals surface area contributed by atoms with Crippen molar-refractivity contribution in [3.05, 3.63) is 22.9 Å². The molecule has 1 N–H and O–H groups in total. The standard InChI is InChI=1S/C16H21N3O2/c1-21-15-12(7-10-3-2-4-13(10)18-15)16(20)19-6-5-11-8-17-9-14(11)19/h7,11,14,17H,2-6,8-9H2,1H3/t11-,14+/m0/s1. The van der Waals surface area contributed by atoms with E-state index in [1.807, 2.05) is 11.0 Å². The van der Waals surface area contributed by atoms with E-state index in [2.05, 4.69) is 10.3 Å². The molecule has 0 saturated carbocycles. The summed E-state index contributed by atoms with van der Waals surface area (Å²) in [7, 11) is 1.60. The first-order chi connectivity index (χ1) is 10.3. The van der Waals surface area contributed by atoms with Gasteiger partial charge in [-0.05, 0) is 43.2 Å². The molecule has 1 amide bonds. The van der Waals surface area contributed by atoms with E-state index in [9.17, 15) is 4.79 Å². The largest absolute Gasteiger partial charge is 0.480 e. The van der Waals surface area contributed by atoms with Crippen LogP contribution in [-0.2, 0) is 12.8 Å². The van der Waals surface area contributed by atoms with Gasteiger partial charge in [0.05, 0.1) is 7.11 Å². The van der Waals surface area contributed by atoms with Crippen LogP contribution in [-0.4, -0.2) is 48.6 Å². The molecule has 0 spiro atoms. The summed E-state index contributed by atoms with van der Waals surface area (Å²) >= 11 is 0. The summed E-state index contributed by atoms with van der Waals surface area (Å²) in [5.74, 6) is 1.20. The number of aromatic nitrogens is 1. The Balaban J connectivity index is 1.67. The van der Waals surface area contributed by atoms with Crippen molar-refractivity contribution in [3.8, 4) is 5.88 Å². The van der Waals surface area contributed by atoms with Crippen molar-refractivity contribution in [3.63, 3.8) is 0 Å². The molecule has 0 bridgehead atoms. The number of likely N-dealkylation sites (tertiary alicyclic amines) is 1. The van der Waals surface area contributed by atoms with Crippen LogP contribution in [0.4, 0.5) is 0 Å². The maximum Gasteiger partial charge on any atom is 0.259 e. The number of fused-ring (bicyclic) bond motifs is 2. The molecule has 3 aliphatic rings. The number of hydrogen-bond donors (Lipinski definition) is 1. The van der Waals surface area contributed by atoms with Gasteiger partial charge in [-0.1, -0.05) is 0 Å². The van der Waals surface area contributed by atoms with Crippen molar-refractivity contribution >= 4 is 5.91 Å². The van der Waals surface area contributed by atoms with Crippen LogP contribution in [0.5, 0.6) is 5.88 Å². The monoisotopic (exact) mass is 287 g/mol. The molecule has 2 saturated heterocycles.